The second-order valence-electron chi connectivity index (χ2n) is 7.97. The molecule has 0 amide bonds. The van der Waals surface area contributed by atoms with E-state index in [2.05, 4.69) is 5.32 Å². The number of dihydropyridines is 1. The van der Waals surface area contributed by atoms with Crippen LogP contribution in [0.2, 0.25) is 0 Å². The van der Waals surface area contributed by atoms with Gasteiger partial charge in [-0.1, -0.05) is 48.5 Å². The molecule has 8 heteroatoms. The summed E-state index contributed by atoms with van der Waals surface area (Å²) in [5.74, 6) is -2.65. The molecule has 0 saturated carbocycles. The zero-order valence-electron chi connectivity index (χ0n) is 17.2. The number of carboxylic acids is 1. The van der Waals surface area contributed by atoms with E-state index in [9.17, 15) is 27.9 Å². The number of halogens is 3. The Balaban J connectivity index is 1.76. The summed E-state index contributed by atoms with van der Waals surface area (Å²) >= 11 is 0. The van der Waals surface area contributed by atoms with Crippen molar-refractivity contribution in [3.63, 3.8) is 0 Å². The third kappa shape index (κ3) is 4.18. The molecular formula is C24H21F3N2O3. The van der Waals surface area contributed by atoms with Gasteiger partial charge in [-0.3, -0.25) is 9.69 Å². The number of rotatable bonds is 4. The molecule has 5 nitrogen and oxygen atoms in total. The first kappa shape index (κ1) is 21.8. The van der Waals surface area contributed by atoms with Crippen molar-refractivity contribution < 1.29 is 27.9 Å². The molecule has 2 aliphatic rings. The summed E-state index contributed by atoms with van der Waals surface area (Å²) in [4.78, 5) is 27.2. The Morgan fingerprint density at radius 3 is 2.50 bits per heavy atom. The van der Waals surface area contributed by atoms with Gasteiger partial charge in [0.25, 0.3) is 0 Å². The number of hydrogen-bond acceptors (Lipinski definition) is 4. The minimum atomic E-state index is -4.58. The minimum absolute atomic E-state index is 0.0524. The number of hydrogen-bond donors (Lipinski definition) is 2. The Bertz CT molecular complexity index is 1140. The van der Waals surface area contributed by atoms with Crippen LogP contribution in [0.25, 0.3) is 0 Å². The van der Waals surface area contributed by atoms with Crippen molar-refractivity contribution in [1.29, 1.82) is 0 Å². The molecule has 2 aromatic carbocycles. The van der Waals surface area contributed by atoms with Gasteiger partial charge < -0.3 is 10.4 Å². The lowest BCUT2D eigenvalue weighted by atomic mass is 9.77. The molecule has 0 aliphatic carbocycles. The number of carbonyl (C=O) groups excluding carboxylic acids is 1. The number of ketones is 1. The first-order chi connectivity index (χ1) is 15.1. The molecule has 166 valence electrons. The summed E-state index contributed by atoms with van der Waals surface area (Å²) < 4.78 is 39.9. The molecule has 1 atom stereocenters. The van der Waals surface area contributed by atoms with E-state index >= 15 is 0 Å². The van der Waals surface area contributed by atoms with Gasteiger partial charge in [0.05, 0.1) is 17.7 Å². The fourth-order valence-electron chi connectivity index (χ4n) is 4.38. The number of benzene rings is 2. The van der Waals surface area contributed by atoms with Gasteiger partial charge in [0.2, 0.25) is 0 Å². The Morgan fingerprint density at radius 1 is 1.12 bits per heavy atom. The van der Waals surface area contributed by atoms with Crippen LogP contribution in [0.4, 0.5) is 13.2 Å². The number of nitrogens with zero attached hydrogens (tertiary/aromatic N) is 1. The van der Waals surface area contributed by atoms with E-state index in [0.29, 0.717) is 24.5 Å². The van der Waals surface area contributed by atoms with Gasteiger partial charge in [-0.15, -0.1) is 0 Å². The van der Waals surface area contributed by atoms with E-state index in [0.717, 1.165) is 17.7 Å². The zero-order valence-corrected chi connectivity index (χ0v) is 17.2. The lowest BCUT2D eigenvalue weighted by molar-refractivity contribution is -0.137. The summed E-state index contributed by atoms with van der Waals surface area (Å²) in [6, 6.07) is 14.1. The maximum Gasteiger partial charge on any atom is 0.416 e. The summed E-state index contributed by atoms with van der Waals surface area (Å²) in [6.45, 7) is 2.49. The van der Waals surface area contributed by atoms with Gasteiger partial charge >= 0.3 is 12.1 Å². The van der Waals surface area contributed by atoms with Gasteiger partial charge in [0.15, 0.2) is 5.78 Å². The van der Waals surface area contributed by atoms with Crippen LogP contribution < -0.4 is 5.32 Å². The fraction of sp³-hybridized carbons (Fsp3) is 0.250. The van der Waals surface area contributed by atoms with E-state index in [1.807, 2.05) is 35.2 Å². The third-order valence-electron chi connectivity index (χ3n) is 5.72. The molecule has 0 bridgehead atoms. The van der Waals surface area contributed by atoms with E-state index in [-0.39, 0.29) is 29.0 Å². The maximum absolute atomic E-state index is 13.3. The van der Waals surface area contributed by atoms with Crippen LogP contribution >= 0.6 is 0 Å². The first-order valence-corrected chi connectivity index (χ1v) is 10.1. The van der Waals surface area contributed by atoms with Crippen molar-refractivity contribution in [3.05, 3.63) is 93.8 Å². The molecule has 0 spiro atoms. The Kier molecular flexibility index (Phi) is 5.64. The number of allylic oxidation sites excluding steroid dienone is 1. The molecule has 2 aliphatic heterocycles. The smallest absolute Gasteiger partial charge is 0.416 e. The van der Waals surface area contributed by atoms with Crippen molar-refractivity contribution in [2.75, 3.05) is 13.1 Å². The predicted molar refractivity (Wildman–Crippen MR) is 111 cm³/mol. The van der Waals surface area contributed by atoms with Crippen LogP contribution in [0.1, 0.15) is 29.5 Å². The topological polar surface area (TPSA) is 69.6 Å². The van der Waals surface area contributed by atoms with Crippen LogP contribution in [0.5, 0.6) is 0 Å². The molecule has 4 rings (SSSR count). The van der Waals surface area contributed by atoms with E-state index in [1.54, 1.807) is 6.92 Å². The van der Waals surface area contributed by atoms with Gasteiger partial charge in [0.1, 0.15) is 0 Å². The number of aliphatic carboxylic acids is 1. The van der Waals surface area contributed by atoms with Crippen LogP contribution in [-0.2, 0) is 22.3 Å². The van der Waals surface area contributed by atoms with Gasteiger partial charge in [0, 0.05) is 36.0 Å². The van der Waals surface area contributed by atoms with Gasteiger partial charge in [-0.2, -0.15) is 13.2 Å². The van der Waals surface area contributed by atoms with Crippen LogP contribution in [0.15, 0.2) is 77.1 Å². The van der Waals surface area contributed by atoms with E-state index in [1.165, 1.54) is 12.1 Å². The lowest BCUT2D eigenvalue weighted by Gasteiger charge is -2.37. The summed E-state index contributed by atoms with van der Waals surface area (Å²) in [5, 5.41) is 12.9. The summed E-state index contributed by atoms with van der Waals surface area (Å²) in [6.07, 6.45) is -4.58. The van der Waals surface area contributed by atoms with Crippen molar-refractivity contribution in [2.24, 2.45) is 0 Å². The van der Waals surface area contributed by atoms with Crippen molar-refractivity contribution in [2.45, 2.75) is 25.6 Å². The molecule has 0 fully saturated rings. The molecule has 2 N–H and O–H groups in total. The number of Topliss-reactive ketones (excluding diaryl/α,β-unsaturated/α-hetero) is 1. The lowest BCUT2D eigenvalue weighted by Crippen LogP contribution is -2.45. The molecule has 32 heavy (non-hydrogen) atoms. The normalized spacial score (nSPS) is 19.6. The maximum atomic E-state index is 13.3. The van der Waals surface area contributed by atoms with Crippen LogP contribution in [0, 0.1) is 0 Å². The molecule has 0 radical (unpaired) electrons. The minimum Gasteiger partial charge on any atom is -0.478 e. The van der Waals surface area contributed by atoms with Gasteiger partial charge in [-0.05, 0) is 24.1 Å². The first-order valence-electron chi connectivity index (χ1n) is 10.1. The number of carboxylic acid groups (broad SMARTS) is 1. The molecule has 0 aromatic heterocycles. The van der Waals surface area contributed by atoms with E-state index in [4.69, 9.17) is 0 Å². The number of carbonyl (C=O) groups is 2. The molecule has 0 saturated heterocycles. The quantitative estimate of drug-likeness (QED) is 0.747. The average molecular weight is 442 g/mol. The second kappa shape index (κ2) is 8.27. The van der Waals surface area contributed by atoms with Crippen molar-refractivity contribution in [1.82, 2.24) is 10.2 Å². The van der Waals surface area contributed by atoms with Crippen molar-refractivity contribution in [3.8, 4) is 0 Å². The second-order valence-corrected chi connectivity index (χ2v) is 7.97. The Hall–Kier alpha value is -3.39. The zero-order chi connectivity index (χ0) is 23.0. The predicted octanol–water partition coefficient (Wildman–Crippen LogP) is 4.09. The monoisotopic (exact) mass is 442 g/mol. The highest BCUT2D eigenvalue weighted by molar-refractivity contribution is 6.04. The largest absolute Gasteiger partial charge is 0.478 e. The van der Waals surface area contributed by atoms with Crippen LogP contribution in [0.3, 0.4) is 0 Å². The molecular weight excluding hydrogens is 421 g/mol. The summed E-state index contributed by atoms with van der Waals surface area (Å²) in [5.41, 5.74) is 1.22. The van der Waals surface area contributed by atoms with Crippen molar-refractivity contribution >= 4 is 11.8 Å². The highest BCUT2D eigenvalue weighted by Gasteiger charge is 2.41. The summed E-state index contributed by atoms with van der Waals surface area (Å²) in [7, 11) is 0. The standard InChI is InChI=1S/C24H21F3N2O3/c1-14-20(23(31)32)21(16-8-5-9-17(10-16)24(25,26)27)22-18(28-14)12-29(13-19(22)30)11-15-6-3-2-4-7-15/h2-10,21,28H,11-13H2,1H3,(H,31,32). The SMILES string of the molecule is CC1=C(C(=O)O)C(c2cccc(C(F)(F)F)c2)C2=C(CN(Cc3ccccc3)CC2=O)N1. The van der Waals surface area contributed by atoms with Crippen LogP contribution in [-0.4, -0.2) is 34.8 Å². The molecule has 2 heterocycles. The van der Waals surface area contributed by atoms with E-state index < -0.39 is 23.6 Å². The molecule has 1 unspecified atom stereocenters. The third-order valence-corrected chi connectivity index (χ3v) is 5.72. The molecule has 2 aromatic rings. The highest BCUT2D eigenvalue weighted by Crippen LogP contribution is 2.42. The number of nitrogens with one attached hydrogen (secondary N) is 1. The number of alkyl halides is 3. The van der Waals surface area contributed by atoms with Gasteiger partial charge in [-0.25, -0.2) is 4.79 Å². The average Bonchev–Trinajstić information content (AvgIpc) is 2.72. The Morgan fingerprint density at radius 2 is 1.84 bits per heavy atom. The highest BCUT2D eigenvalue weighted by atomic mass is 19.4. The Labute approximate surface area is 182 Å². The fourth-order valence-corrected chi connectivity index (χ4v) is 4.38.